The number of nitrogens with one attached hydrogen (secondary N) is 2. The Labute approximate surface area is 153 Å². The molecule has 136 valence electrons. The summed E-state index contributed by atoms with van der Waals surface area (Å²) in [6.45, 7) is 3.24. The molecule has 2 aliphatic rings. The molecule has 25 heavy (non-hydrogen) atoms. The summed E-state index contributed by atoms with van der Waals surface area (Å²) in [5.74, 6) is 2.72. The number of benzene rings is 1. The quantitative estimate of drug-likeness (QED) is 0.839. The van der Waals surface area contributed by atoms with E-state index in [-0.39, 0.29) is 11.8 Å². The zero-order valence-corrected chi connectivity index (χ0v) is 15.4. The lowest BCUT2D eigenvalue weighted by atomic mass is 9.97. The summed E-state index contributed by atoms with van der Waals surface area (Å²) in [4.78, 5) is 26.7. The Bertz CT molecular complexity index is 575. The molecule has 2 aliphatic heterocycles. The number of hydrogen-bond acceptors (Lipinski definition) is 4. The van der Waals surface area contributed by atoms with Gasteiger partial charge >= 0.3 is 0 Å². The van der Waals surface area contributed by atoms with Crippen molar-refractivity contribution in [3.05, 3.63) is 35.9 Å². The fourth-order valence-electron chi connectivity index (χ4n) is 3.48. The third kappa shape index (κ3) is 5.47. The minimum Gasteiger partial charge on any atom is -0.352 e. The van der Waals surface area contributed by atoms with E-state index in [1.165, 1.54) is 0 Å². The van der Waals surface area contributed by atoms with Crippen LogP contribution in [0.25, 0.3) is 0 Å². The summed E-state index contributed by atoms with van der Waals surface area (Å²) in [6.07, 6.45) is 2.68. The Morgan fingerprint density at radius 3 is 2.88 bits per heavy atom. The zero-order chi connectivity index (χ0) is 17.5. The van der Waals surface area contributed by atoms with E-state index in [4.69, 9.17) is 0 Å². The SMILES string of the molecule is O=C(NCC1CCCN(C(=O)CC2CSCCN2)C1)c1ccccc1. The van der Waals surface area contributed by atoms with Gasteiger partial charge in [-0.25, -0.2) is 0 Å². The van der Waals surface area contributed by atoms with Crippen LogP contribution in [-0.4, -0.2) is 60.4 Å². The van der Waals surface area contributed by atoms with Gasteiger partial charge in [0.25, 0.3) is 5.91 Å². The Morgan fingerprint density at radius 2 is 2.12 bits per heavy atom. The lowest BCUT2D eigenvalue weighted by Crippen LogP contribution is -2.47. The van der Waals surface area contributed by atoms with Gasteiger partial charge in [0.05, 0.1) is 0 Å². The first-order valence-corrected chi connectivity index (χ1v) is 10.3. The predicted molar refractivity (Wildman–Crippen MR) is 102 cm³/mol. The van der Waals surface area contributed by atoms with Gasteiger partial charge in [0.1, 0.15) is 0 Å². The van der Waals surface area contributed by atoms with Gasteiger partial charge in [-0.2, -0.15) is 11.8 Å². The van der Waals surface area contributed by atoms with Crippen LogP contribution >= 0.6 is 11.8 Å². The van der Waals surface area contributed by atoms with Gasteiger partial charge in [0.15, 0.2) is 0 Å². The number of piperidine rings is 1. The Kier molecular flexibility index (Phi) is 6.76. The van der Waals surface area contributed by atoms with Gasteiger partial charge in [-0.1, -0.05) is 18.2 Å². The number of carbonyl (C=O) groups is 2. The Balaban J connectivity index is 1.44. The van der Waals surface area contributed by atoms with E-state index >= 15 is 0 Å². The molecule has 2 atom stereocenters. The highest BCUT2D eigenvalue weighted by atomic mass is 32.2. The first kappa shape index (κ1) is 18.3. The van der Waals surface area contributed by atoms with Crippen molar-refractivity contribution in [3.8, 4) is 0 Å². The monoisotopic (exact) mass is 361 g/mol. The van der Waals surface area contributed by atoms with Crippen LogP contribution in [-0.2, 0) is 4.79 Å². The molecule has 5 nitrogen and oxygen atoms in total. The van der Waals surface area contributed by atoms with Gasteiger partial charge in [-0.05, 0) is 30.9 Å². The molecule has 0 saturated carbocycles. The molecular weight excluding hydrogens is 334 g/mol. The summed E-state index contributed by atoms with van der Waals surface area (Å²) in [6, 6.07) is 9.59. The number of thioether (sulfide) groups is 1. The average molecular weight is 362 g/mol. The molecule has 2 unspecified atom stereocenters. The largest absolute Gasteiger partial charge is 0.352 e. The normalized spacial score (nSPS) is 23.9. The lowest BCUT2D eigenvalue weighted by molar-refractivity contribution is -0.133. The molecule has 0 spiro atoms. The topological polar surface area (TPSA) is 61.4 Å². The van der Waals surface area contributed by atoms with Crippen LogP contribution in [0.1, 0.15) is 29.6 Å². The van der Waals surface area contributed by atoms with Crippen LogP contribution in [0, 0.1) is 5.92 Å². The molecule has 0 bridgehead atoms. The number of carbonyl (C=O) groups excluding carboxylic acids is 2. The summed E-state index contributed by atoms with van der Waals surface area (Å²) in [5.41, 5.74) is 0.687. The van der Waals surface area contributed by atoms with Gasteiger partial charge in [-0.15, -0.1) is 0 Å². The molecule has 2 amide bonds. The van der Waals surface area contributed by atoms with Crippen LogP contribution in [0.15, 0.2) is 30.3 Å². The van der Waals surface area contributed by atoms with Gasteiger partial charge in [0, 0.05) is 55.7 Å². The van der Waals surface area contributed by atoms with E-state index < -0.39 is 0 Å². The third-order valence-electron chi connectivity index (χ3n) is 4.88. The molecular formula is C19H27N3O2S. The number of nitrogens with zero attached hydrogens (tertiary/aromatic N) is 1. The van der Waals surface area contributed by atoms with Gasteiger partial charge in [-0.3, -0.25) is 9.59 Å². The molecule has 1 aromatic carbocycles. The van der Waals surface area contributed by atoms with Crippen molar-refractivity contribution >= 4 is 23.6 Å². The lowest BCUT2D eigenvalue weighted by Gasteiger charge is -2.34. The maximum atomic E-state index is 12.6. The molecule has 2 N–H and O–H groups in total. The van der Waals surface area contributed by atoms with Crippen molar-refractivity contribution < 1.29 is 9.59 Å². The van der Waals surface area contributed by atoms with E-state index in [0.717, 1.165) is 44.0 Å². The summed E-state index contributed by atoms with van der Waals surface area (Å²) in [5, 5.41) is 6.45. The fourth-order valence-corrected chi connectivity index (χ4v) is 4.43. The zero-order valence-electron chi connectivity index (χ0n) is 14.6. The van der Waals surface area contributed by atoms with E-state index in [0.29, 0.717) is 30.5 Å². The van der Waals surface area contributed by atoms with E-state index in [2.05, 4.69) is 10.6 Å². The molecule has 0 aliphatic carbocycles. The standard InChI is InChI=1S/C19H27N3O2S/c23-18(11-17-14-25-10-8-20-17)22-9-4-5-15(13-22)12-21-19(24)16-6-2-1-3-7-16/h1-3,6-7,15,17,20H,4-5,8-14H2,(H,21,24). The highest BCUT2D eigenvalue weighted by molar-refractivity contribution is 7.99. The first-order valence-electron chi connectivity index (χ1n) is 9.14. The highest BCUT2D eigenvalue weighted by Gasteiger charge is 2.26. The fraction of sp³-hybridized carbons (Fsp3) is 0.579. The molecule has 0 aromatic heterocycles. The molecule has 2 fully saturated rings. The molecule has 3 rings (SSSR count). The summed E-state index contributed by atoms with van der Waals surface area (Å²) < 4.78 is 0. The molecule has 6 heteroatoms. The van der Waals surface area contributed by atoms with E-state index in [9.17, 15) is 9.59 Å². The maximum absolute atomic E-state index is 12.6. The van der Waals surface area contributed by atoms with E-state index in [1.807, 2.05) is 47.0 Å². The number of likely N-dealkylation sites (tertiary alicyclic amines) is 1. The molecule has 0 radical (unpaired) electrons. The van der Waals surface area contributed by atoms with Crippen molar-refractivity contribution in [3.63, 3.8) is 0 Å². The molecule has 1 aromatic rings. The van der Waals surface area contributed by atoms with Gasteiger partial charge < -0.3 is 15.5 Å². The number of amides is 2. The average Bonchev–Trinajstić information content (AvgIpc) is 2.68. The second kappa shape index (κ2) is 9.25. The third-order valence-corrected chi connectivity index (χ3v) is 6.01. The second-order valence-corrected chi connectivity index (χ2v) is 8.00. The minimum atomic E-state index is -0.0347. The minimum absolute atomic E-state index is 0.0347. The van der Waals surface area contributed by atoms with Crippen LogP contribution in [0.3, 0.4) is 0 Å². The van der Waals surface area contributed by atoms with E-state index in [1.54, 1.807) is 0 Å². The van der Waals surface area contributed by atoms with Crippen LogP contribution in [0.4, 0.5) is 0 Å². The van der Waals surface area contributed by atoms with Gasteiger partial charge in [0.2, 0.25) is 5.91 Å². The summed E-state index contributed by atoms with van der Waals surface area (Å²) in [7, 11) is 0. The summed E-state index contributed by atoms with van der Waals surface area (Å²) >= 11 is 1.92. The number of rotatable bonds is 5. The van der Waals surface area contributed by atoms with Crippen molar-refractivity contribution in [1.29, 1.82) is 0 Å². The van der Waals surface area contributed by atoms with Crippen LogP contribution < -0.4 is 10.6 Å². The number of hydrogen-bond donors (Lipinski definition) is 2. The first-order chi connectivity index (χ1) is 12.2. The van der Waals surface area contributed by atoms with Crippen molar-refractivity contribution in [2.45, 2.75) is 25.3 Å². The van der Waals surface area contributed by atoms with Crippen LogP contribution in [0.2, 0.25) is 0 Å². The van der Waals surface area contributed by atoms with Crippen LogP contribution in [0.5, 0.6) is 0 Å². The second-order valence-electron chi connectivity index (χ2n) is 6.85. The smallest absolute Gasteiger partial charge is 0.251 e. The Hall–Kier alpha value is -1.53. The predicted octanol–water partition coefficient (Wildman–Crippen LogP) is 1.75. The highest BCUT2D eigenvalue weighted by Crippen LogP contribution is 2.18. The maximum Gasteiger partial charge on any atom is 0.251 e. The van der Waals surface area contributed by atoms with Crippen molar-refractivity contribution in [1.82, 2.24) is 15.5 Å². The molecule has 2 heterocycles. The Morgan fingerprint density at radius 1 is 1.28 bits per heavy atom. The molecule has 2 saturated heterocycles. The van der Waals surface area contributed by atoms with Crippen molar-refractivity contribution in [2.24, 2.45) is 5.92 Å². The van der Waals surface area contributed by atoms with Crippen molar-refractivity contribution in [2.75, 3.05) is 37.7 Å².